The molecule has 0 heterocycles. The van der Waals surface area contributed by atoms with Crippen LogP contribution in [0.3, 0.4) is 0 Å². The fourth-order valence-corrected chi connectivity index (χ4v) is 3.66. The number of nitrogens with one attached hydrogen (secondary N) is 2. The van der Waals surface area contributed by atoms with E-state index in [1.54, 1.807) is 24.3 Å². The number of hydrogen-bond acceptors (Lipinski definition) is 4. The van der Waals surface area contributed by atoms with E-state index in [1.165, 1.54) is 29.5 Å². The normalized spacial score (nSPS) is 11.6. The van der Waals surface area contributed by atoms with Crippen molar-refractivity contribution in [1.29, 1.82) is 0 Å². The predicted octanol–water partition coefficient (Wildman–Crippen LogP) is 2.49. The molecule has 146 valence electrons. The van der Waals surface area contributed by atoms with E-state index in [1.807, 2.05) is 26.2 Å². The Morgan fingerprint density at radius 2 is 1.67 bits per heavy atom. The molecule has 0 amide bonds. The van der Waals surface area contributed by atoms with Crippen LogP contribution in [0.1, 0.15) is 11.1 Å². The van der Waals surface area contributed by atoms with Gasteiger partial charge >= 0.3 is 0 Å². The minimum atomic E-state index is -3.48. The Balaban J connectivity index is 2.03. The summed E-state index contributed by atoms with van der Waals surface area (Å²) in [6.45, 7) is 1.44. The van der Waals surface area contributed by atoms with Crippen LogP contribution < -0.4 is 10.6 Å². The number of thiocarbonyl (C=S) groups is 1. The molecular formula is C19H26N4O2S2. The van der Waals surface area contributed by atoms with Crippen LogP contribution in [0.4, 0.5) is 5.69 Å². The molecule has 2 N–H and O–H groups in total. The molecule has 0 aliphatic rings. The van der Waals surface area contributed by atoms with E-state index in [2.05, 4.69) is 27.7 Å². The first-order valence-corrected chi connectivity index (χ1v) is 10.3. The summed E-state index contributed by atoms with van der Waals surface area (Å²) >= 11 is 5.36. The Bertz CT molecular complexity index is 896. The maximum absolute atomic E-state index is 12.3. The molecule has 0 aliphatic carbocycles. The minimum absolute atomic E-state index is 0.219. The molecule has 2 rings (SSSR count). The molecule has 0 saturated heterocycles. The van der Waals surface area contributed by atoms with Gasteiger partial charge < -0.3 is 15.5 Å². The van der Waals surface area contributed by atoms with E-state index in [0.717, 1.165) is 6.54 Å². The van der Waals surface area contributed by atoms with Gasteiger partial charge in [-0.2, -0.15) is 0 Å². The molecule has 27 heavy (non-hydrogen) atoms. The Morgan fingerprint density at radius 3 is 2.30 bits per heavy atom. The quantitative estimate of drug-likeness (QED) is 0.689. The zero-order valence-corrected chi connectivity index (χ0v) is 17.7. The van der Waals surface area contributed by atoms with Gasteiger partial charge in [-0.3, -0.25) is 0 Å². The molecule has 0 fully saturated rings. The largest absolute Gasteiger partial charge is 0.358 e. The van der Waals surface area contributed by atoms with Crippen LogP contribution in [-0.4, -0.2) is 50.9 Å². The molecular weight excluding hydrogens is 380 g/mol. The van der Waals surface area contributed by atoms with Crippen LogP contribution in [0.2, 0.25) is 0 Å². The summed E-state index contributed by atoms with van der Waals surface area (Å²) in [5.41, 5.74) is 3.02. The van der Waals surface area contributed by atoms with Gasteiger partial charge in [-0.15, -0.1) is 0 Å². The van der Waals surface area contributed by atoms with E-state index < -0.39 is 10.0 Å². The van der Waals surface area contributed by atoms with E-state index in [0.29, 0.717) is 17.3 Å². The zero-order chi connectivity index (χ0) is 20.0. The van der Waals surface area contributed by atoms with Gasteiger partial charge in [0.2, 0.25) is 10.0 Å². The average Bonchev–Trinajstić information content (AvgIpc) is 2.60. The van der Waals surface area contributed by atoms with Gasteiger partial charge in [0.05, 0.1) is 4.90 Å². The Morgan fingerprint density at radius 1 is 1.00 bits per heavy atom. The third kappa shape index (κ3) is 6.00. The maximum atomic E-state index is 12.3. The lowest BCUT2D eigenvalue weighted by molar-refractivity contribution is 0.401. The average molecular weight is 407 g/mol. The first-order valence-electron chi connectivity index (χ1n) is 8.49. The Labute approximate surface area is 167 Å². The summed E-state index contributed by atoms with van der Waals surface area (Å²) in [7, 11) is 3.60. The van der Waals surface area contributed by atoms with Crippen LogP contribution in [0, 0.1) is 0 Å². The van der Waals surface area contributed by atoms with Crippen molar-refractivity contribution in [1.82, 2.24) is 14.5 Å². The third-order valence-electron chi connectivity index (χ3n) is 3.91. The second-order valence-electron chi connectivity index (χ2n) is 6.63. The maximum Gasteiger partial charge on any atom is 0.242 e. The molecule has 8 heteroatoms. The molecule has 0 unspecified atom stereocenters. The highest BCUT2D eigenvalue weighted by Gasteiger charge is 2.17. The first kappa shape index (κ1) is 21.3. The van der Waals surface area contributed by atoms with Gasteiger partial charge in [0, 0.05) is 32.9 Å². The number of benzene rings is 2. The lowest BCUT2D eigenvalue weighted by atomic mass is 10.1. The van der Waals surface area contributed by atoms with Crippen molar-refractivity contribution in [2.45, 2.75) is 18.0 Å². The van der Waals surface area contributed by atoms with E-state index in [9.17, 15) is 8.42 Å². The summed E-state index contributed by atoms with van der Waals surface area (Å²) in [6, 6.07) is 14.8. The minimum Gasteiger partial charge on any atom is -0.358 e. The van der Waals surface area contributed by atoms with Crippen molar-refractivity contribution >= 4 is 33.0 Å². The molecule has 2 aromatic rings. The highest BCUT2D eigenvalue weighted by molar-refractivity contribution is 7.89. The van der Waals surface area contributed by atoms with Crippen LogP contribution >= 0.6 is 12.2 Å². The van der Waals surface area contributed by atoms with Gasteiger partial charge in [-0.1, -0.05) is 30.3 Å². The van der Waals surface area contributed by atoms with E-state index in [-0.39, 0.29) is 4.90 Å². The summed E-state index contributed by atoms with van der Waals surface area (Å²) in [5.74, 6) is 0. The number of sulfonamides is 1. The SMILES string of the molecule is CN(C)Cc1ccccc1CNC(=S)Nc1cccc(S(=O)(=O)N(C)C)c1. The summed E-state index contributed by atoms with van der Waals surface area (Å²) in [4.78, 5) is 2.34. The highest BCUT2D eigenvalue weighted by Crippen LogP contribution is 2.18. The number of anilines is 1. The lowest BCUT2D eigenvalue weighted by Gasteiger charge is -2.16. The summed E-state index contributed by atoms with van der Waals surface area (Å²) in [5, 5.41) is 6.67. The number of hydrogen-bond donors (Lipinski definition) is 2. The molecule has 0 bridgehead atoms. The second-order valence-corrected chi connectivity index (χ2v) is 9.19. The van der Waals surface area contributed by atoms with Crippen molar-refractivity contribution in [3.8, 4) is 0 Å². The Kier molecular flexibility index (Phi) is 7.32. The first-order chi connectivity index (χ1) is 12.7. The van der Waals surface area contributed by atoms with Crippen molar-refractivity contribution in [2.24, 2.45) is 0 Å². The van der Waals surface area contributed by atoms with Crippen LogP contribution in [0.5, 0.6) is 0 Å². The topological polar surface area (TPSA) is 64.7 Å². The predicted molar refractivity (Wildman–Crippen MR) is 114 cm³/mol. The van der Waals surface area contributed by atoms with Gasteiger partial charge in [0.25, 0.3) is 0 Å². The summed E-state index contributed by atoms with van der Waals surface area (Å²) < 4.78 is 25.7. The molecule has 0 radical (unpaired) electrons. The third-order valence-corrected chi connectivity index (χ3v) is 5.97. The molecule has 0 spiro atoms. The molecule has 0 aromatic heterocycles. The number of rotatable bonds is 7. The Hall–Kier alpha value is -2.00. The summed E-state index contributed by atoms with van der Waals surface area (Å²) in [6.07, 6.45) is 0. The monoisotopic (exact) mass is 406 g/mol. The number of nitrogens with zero attached hydrogens (tertiary/aromatic N) is 2. The van der Waals surface area contributed by atoms with Gasteiger partial charge in [0.1, 0.15) is 0 Å². The fraction of sp³-hybridized carbons (Fsp3) is 0.316. The molecule has 0 saturated carbocycles. The fourth-order valence-electron chi connectivity index (χ4n) is 2.52. The van der Waals surface area contributed by atoms with Gasteiger partial charge in [-0.25, -0.2) is 12.7 Å². The van der Waals surface area contributed by atoms with Crippen molar-refractivity contribution < 1.29 is 8.42 Å². The van der Waals surface area contributed by atoms with Crippen LogP contribution in [0.15, 0.2) is 53.4 Å². The molecule has 2 aromatic carbocycles. The standard InChI is InChI=1S/C19H26N4O2S2/c1-22(2)14-16-9-6-5-8-15(16)13-20-19(26)21-17-10-7-11-18(12-17)27(24,25)23(3)4/h5-12H,13-14H2,1-4H3,(H2,20,21,26). The zero-order valence-electron chi connectivity index (χ0n) is 16.1. The van der Waals surface area contributed by atoms with Crippen molar-refractivity contribution in [3.05, 3.63) is 59.7 Å². The van der Waals surface area contributed by atoms with Crippen molar-refractivity contribution in [3.63, 3.8) is 0 Å². The van der Waals surface area contributed by atoms with Crippen LogP contribution in [-0.2, 0) is 23.1 Å². The smallest absolute Gasteiger partial charge is 0.242 e. The second kappa shape index (κ2) is 9.27. The molecule has 6 nitrogen and oxygen atoms in total. The molecule has 0 aliphatic heterocycles. The van der Waals surface area contributed by atoms with E-state index in [4.69, 9.17) is 12.2 Å². The lowest BCUT2D eigenvalue weighted by Crippen LogP contribution is -2.29. The van der Waals surface area contributed by atoms with Gasteiger partial charge in [0.15, 0.2) is 5.11 Å². The van der Waals surface area contributed by atoms with Gasteiger partial charge in [-0.05, 0) is 55.6 Å². The van der Waals surface area contributed by atoms with Crippen molar-refractivity contribution in [2.75, 3.05) is 33.5 Å². The highest BCUT2D eigenvalue weighted by atomic mass is 32.2. The molecule has 0 atom stereocenters. The van der Waals surface area contributed by atoms with Crippen LogP contribution in [0.25, 0.3) is 0 Å². The van der Waals surface area contributed by atoms with E-state index >= 15 is 0 Å².